The van der Waals surface area contributed by atoms with Crippen LogP contribution in [0.4, 0.5) is 4.79 Å². The molecule has 2 amide bonds. The SMILES string of the molecule is CS(=O)(=O)CCCn1c(CN2C(=O)N(C3CC3)C3C=CN=CC32)cc2cc(Br)ccc21. The highest BCUT2D eigenvalue weighted by Gasteiger charge is 2.50. The minimum atomic E-state index is -3.02. The molecule has 0 N–H and O–H groups in total. The number of aliphatic imine (C=N–C) groups is 1. The molecule has 3 heterocycles. The van der Waals surface area contributed by atoms with Crippen molar-refractivity contribution in [1.29, 1.82) is 0 Å². The fourth-order valence-corrected chi connectivity index (χ4v) is 5.71. The van der Waals surface area contributed by atoms with E-state index in [0.29, 0.717) is 25.6 Å². The number of aryl methyl sites for hydroxylation is 1. The first-order chi connectivity index (χ1) is 14.8. The minimum absolute atomic E-state index is 0.0368. The monoisotopic (exact) mass is 504 g/mol. The zero-order valence-corrected chi connectivity index (χ0v) is 19.7. The van der Waals surface area contributed by atoms with Crippen LogP contribution in [0.5, 0.6) is 0 Å². The van der Waals surface area contributed by atoms with E-state index in [9.17, 15) is 13.2 Å². The Morgan fingerprint density at radius 3 is 2.74 bits per heavy atom. The van der Waals surface area contributed by atoms with Gasteiger partial charge in [-0.2, -0.15) is 0 Å². The third-order valence-corrected chi connectivity index (χ3v) is 7.75. The van der Waals surface area contributed by atoms with Gasteiger partial charge in [-0.15, -0.1) is 0 Å². The average molecular weight is 505 g/mol. The highest BCUT2D eigenvalue weighted by atomic mass is 79.9. The average Bonchev–Trinajstić information content (AvgIpc) is 3.43. The summed E-state index contributed by atoms with van der Waals surface area (Å²) in [5, 5.41) is 1.07. The zero-order valence-electron chi connectivity index (χ0n) is 17.3. The summed E-state index contributed by atoms with van der Waals surface area (Å²) in [5.41, 5.74) is 2.06. The van der Waals surface area contributed by atoms with Crippen LogP contribution >= 0.6 is 15.9 Å². The molecule has 1 saturated heterocycles. The van der Waals surface area contributed by atoms with Crippen LogP contribution in [0.15, 0.2) is 46.0 Å². The molecule has 1 aliphatic carbocycles. The van der Waals surface area contributed by atoms with Crippen molar-refractivity contribution in [3.05, 3.63) is 46.7 Å². The van der Waals surface area contributed by atoms with E-state index in [-0.39, 0.29) is 23.9 Å². The smallest absolute Gasteiger partial charge is 0.321 e. The molecule has 2 atom stereocenters. The Morgan fingerprint density at radius 2 is 2.00 bits per heavy atom. The highest BCUT2D eigenvalue weighted by Crippen LogP contribution is 2.37. The number of carbonyl (C=O) groups is 1. The lowest BCUT2D eigenvalue weighted by molar-refractivity contribution is 0.184. The van der Waals surface area contributed by atoms with Gasteiger partial charge in [0.15, 0.2) is 0 Å². The number of amides is 2. The molecule has 1 aromatic carbocycles. The van der Waals surface area contributed by atoms with Gasteiger partial charge in [-0.25, -0.2) is 13.2 Å². The molecular weight excluding hydrogens is 480 g/mol. The third-order valence-electron chi connectivity index (χ3n) is 6.22. The van der Waals surface area contributed by atoms with E-state index in [2.05, 4.69) is 37.6 Å². The number of benzene rings is 1. The lowest BCUT2D eigenvalue weighted by Crippen LogP contribution is -2.39. The number of urea groups is 1. The number of halogens is 1. The van der Waals surface area contributed by atoms with Gasteiger partial charge < -0.3 is 14.4 Å². The van der Waals surface area contributed by atoms with Crippen LogP contribution in [-0.4, -0.2) is 65.2 Å². The predicted octanol–water partition coefficient (Wildman–Crippen LogP) is 3.57. The summed E-state index contributed by atoms with van der Waals surface area (Å²) in [4.78, 5) is 21.6. The van der Waals surface area contributed by atoms with Crippen molar-refractivity contribution in [2.45, 2.75) is 50.5 Å². The van der Waals surface area contributed by atoms with Crippen molar-refractivity contribution in [1.82, 2.24) is 14.4 Å². The summed E-state index contributed by atoms with van der Waals surface area (Å²) in [6.45, 7) is 1.05. The second-order valence-corrected chi connectivity index (χ2v) is 11.8. The Bertz CT molecular complexity index is 1200. The molecule has 5 rings (SSSR count). The fourth-order valence-electron chi connectivity index (χ4n) is 4.68. The summed E-state index contributed by atoms with van der Waals surface area (Å²) in [6, 6.07) is 8.55. The summed E-state index contributed by atoms with van der Waals surface area (Å²) in [7, 11) is -3.02. The van der Waals surface area contributed by atoms with Gasteiger partial charge in [0.25, 0.3) is 0 Å². The lowest BCUT2D eigenvalue weighted by Gasteiger charge is -2.24. The number of hydrogen-bond acceptors (Lipinski definition) is 4. The molecule has 0 radical (unpaired) electrons. The van der Waals surface area contributed by atoms with Crippen LogP contribution in [0.25, 0.3) is 10.9 Å². The number of rotatable bonds is 7. The summed E-state index contributed by atoms with van der Waals surface area (Å²) in [5.74, 6) is 0.142. The lowest BCUT2D eigenvalue weighted by atomic mass is 10.1. The first-order valence-electron chi connectivity index (χ1n) is 10.6. The normalized spacial score (nSPS) is 23.2. The molecule has 7 nitrogen and oxygen atoms in total. The Kier molecular flexibility index (Phi) is 5.21. The molecule has 31 heavy (non-hydrogen) atoms. The van der Waals surface area contributed by atoms with E-state index in [1.165, 1.54) is 6.26 Å². The predicted molar refractivity (Wildman–Crippen MR) is 125 cm³/mol. The van der Waals surface area contributed by atoms with Crippen molar-refractivity contribution >= 4 is 48.9 Å². The maximum Gasteiger partial charge on any atom is 0.321 e. The first kappa shape index (κ1) is 20.8. The van der Waals surface area contributed by atoms with Crippen LogP contribution in [0.1, 0.15) is 25.0 Å². The van der Waals surface area contributed by atoms with Crippen molar-refractivity contribution in [3.8, 4) is 0 Å². The molecule has 3 aliphatic rings. The van der Waals surface area contributed by atoms with Crippen LogP contribution in [-0.2, 0) is 22.9 Å². The molecule has 1 saturated carbocycles. The van der Waals surface area contributed by atoms with Gasteiger partial charge in [-0.1, -0.05) is 15.9 Å². The molecule has 2 aliphatic heterocycles. The molecule has 1 aromatic heterocycles. The van der Waals surface area contributed by atoms with Gasteiger partial charge in [0.2, 0.25) is 0 Å². The molecule has 0 bridgehead atoms. The summed E-state index contributed by atoms with van der Waals surface area (Å²) in [6.07, 6.45) is 9.61. The summed E-state index contributed by atoms with van der Waals surface area (Å²) >= 11 is 3.53. The molecular formula is C22H25BrN4O3S. The molecule has 164 valence electrons. The highest BCUT2D eigenvalue weighted by molar-refractivity contribution is 9.10. The van der Waals surface area contributed by atoms with Gasteiger partial charge in [-0.3, -0.25) is 4.99 Å². The number of sulfone groups is 1. The minimum Gasteiger partial charge on any atom is -0.343 e. The maximum atomic E-state index is 13.3. The Labute approximate surface area is 190 Å². The van der Waals surface area contributed by atoms with Crippen molar-refractivity contribution < 1.29 is 13.2 Å². The third kappa shape index (κ3) is 4.05. The van der Waals surface area contributed by atoms with Crippen LogP contribution in [0, 0.1) is 0 Å². The van der Waals surface area contributed by atoms with E-state index in [1.807, 2.05) is 34.2 Å². The number of carbonyl (C=O) groups excluding carboxylic acids is 1. The van der Waals surface area contributed by atoms with Crippen LogP contribution < -0.4 is 0 Å². The van der Waals surface area contributed by atoms with E-state index in [1.54, 1.807) is 6.20 Å². The second kappa shape index (κ2) is 7.78. The number of aromatic nitrogens is 1. The topological polar surface area (TPSA) is 75.0 Å². The number of fused-ring (bicyclic) bond motifs is 2. The van der Waals surface area contributed by atoms with Crippen LogP contribution in [0.2, 0.25) is 0 Å². The van der Waals surface area contributed by atoms with Gasteiger partial charge in [0, 0.05) is 52.3 Å². The molecule has 0 spiro atoms. The molecule has 2 fully saturated rings. The Balaban J connectivity index is 1.47. The van der Waals surface area contributed by atoms with Gasteiger partial charge in [-0.05, 0) is 49.6 Å². The van der Waals surface area contributed by atoms with Crippen molar-refractivity contribution in [2.24, 2.45) is 4.99 Å². The Morgan fingerprint density at radius 1 is 1.19 bits per heavy atom. The quantitative estimate of drug-likeness (QED) is 0.578. The maximum absolute atomic E-state index is 13.3. The van der Waals surface area contributed by atoms with Crippen molar-refractivity contribution in [3.63, 3.8) is 0 Å². The first-order valence-corrected chi connectivity index (χ1v) is 13.4. The zero-order chi connectivity index (χ0) is 21.8. The second-order valence-electron chi connectivity index (χ2n) is 8.64. The van der Waals surface area contributed by atoms with Crippen LogP contribution in [0.3, 0.4) is 0 Å². The number of hydrogen-bond donors (Lipinski definition) is 0. The van der Waals surface area contributed by atoms with E-state index in [0.717, 1.165) is 33.9 Å². The van der Waals surface area contributed by atoms with E-state index in [4.69, 9.17) is 0 Å². The van der Waals surface area contributed by atoms with Gasteiger partial charge in [0.1, 0.15) is 9.84 Å². The Hall–Kier alpha value is -2.13. The van der Waals surface area contributed by atoms with Crippen molar-refractivity contribution in [2.75, 3.05) is 12.0 Å². The van der Waals surface area contributed by atoms with Gasteiger partial charge >= 0.3 is 6.03 Å². The van der Waals surface area contributed by atoms with Gasteiger partial charge in [0.05, 0.1) is 24.4 Å². The largest absolute Gasteiger partial charge is 0.343 e. The van der Waals surface area contributed by atoms with E-state index >= 15 is 0 Å². The number of nitrogens with zero attached hydrogens (tertiary/aromatic N) is 4. The summed E-state index contributed by atoms with van der Waals surface area (Å²) < 4.78 is 26.4. The molecule has 9 heteroatoms. The fraction of sp³-hybridized carbons (Fsp3) is 0.455. The standard InChI is InChI=1S/C22H25BrN4O3S/c1-31(29,30)10-2-9-25-18(12-15-11-16(23)3-6-19(15)25)14-26-21-13-24-8-7-20(21)27(22(26)28)17-4-5-17/h3,6-8,11-13,17,20-21H,2,4-5,9-10,14H2,1H3. The van der Waals surface area contributed by atoms with E-state index < -0.39 is 9.84 Å². The molecule has 2 unspecified atom stereocenters. The molecule has 2 aromatic rings.